The molecular formula is C25H35ClN2O. The van der Waals surface area contributed by atoms with Crippen LogP contribution in [0.25, 0.3) is 0 Å². The largest absolute Gasteiger partial charge is 0.326 e. The highest BCUT2D eigenvalue weighted by Gasteiger charge is 2.20. The molecule has 2 aromatic rings. The predicted molar refractivity (Wildman–Crippen MR) is 125 cm³/mol. The minimum absolute atomic E-state index is 0. The molecule has 3 nitrogen and oxygen atoms in total. The fraction of sp³-hybridized carbons (Fsp3) is 0.480. The number of hydrogen-bond acceptors (Lipinski definition) is 2. The van der Waals surface area contributed by atoms with Gasteiger partial charge in [-0.25, -0.2) is 0 Å². The molecule has 0 aromatic heterocycles. The van der Waals surface area contributed by atoms with E-state index in [9.17, 15) is 4.79 Å². The average Bonchev–Trinajstić information content (AvgIpc) is 2.70. The Kier molecular flexibility index (Phi) is 10.2. The van der Waals surface area contributed by atoms with Crippen molar-refractivity contribution in [3.63, 3.8) is 0 Å². The van der Waals surface area contributed by atoms with Crippen LogP contribution in [0.15, 0.2) is 48.5 Å². The molecule has 1 aliphatic carbocycles. The molecule has 3 rings (SSSR count). The number of halogens is 1. The lowest BCUT2D eigenvalue weighted by molar-refractivity contribution is -0.114. The summed E-state index contributed by atoms with van der Waals surface area (Å²) in [6.45, 7) is 2.69. The molecule has 1 atom stereocenters. The summed E-state index contributed by atoms with van der Waals surface area (Å²) in [5, 5.41) is 6.73. The van der Waals surface area contributed by atoms with Gasteiger partial charge in [-0.2, -0.15) is 0 Å². The van der Waals surface area contributed by atoms with Gasteiger partial charge in [0.2, 0.25) is 5.91 Å². The minimum Gasteiger partial charge on any atom is -0.326 e. The second-order valence-electron chi connectivity index (χ2n) is 8.02. The smallest absolute Gasteiger partial charge is 0.221 e. The molecule has 0 heterocycles. The summed E-state index contributed by atoms with van der Waals surface area (Å²) in [5.41, 5.74) is 5.17. The summed E-state index contributed by atoms with van der Waals surface area (Å²) in [6.07, 6.45) is 11.0. The highest BCUT2D eigenvalue weighted by molar-refractivity contribution is 5.89. The zero-order valence-electron chi connectivity index (χ0n) is 17.6. The van der Waals surface area contributed by atoms with Gasteiger partial charge in [-0.3, -0.25) is 4.79 Å². The van der Waals surface area contributed by atoms with Crippen molar-refractivity contribution in [1.29, 1.82) is 0 Å². The van der Waals surface area contributed by atoms with Crippen LogP contribution in [0.2, 0.25) is 0 Å². The van der Waals surface area contributed by atoms with Crippen LogP contribution in [0.3, 0.4) is 0 Å². The van der Waals surface area contributed by atoms with Gasteiger partial charge in [0.05, 0.1) is 0 Å². The summed E-state index contributed by atoms with van der Waals surface area (Å²) in [5.74, 6) is 0.0115. The van der Waals surface area contributed by atoms with Gasteiger partial charge >= 0.3 is 0 Å². The Labute approximate surface area is 182 Å². The number of carbonyl (C=O) groups is 1. The standard InChI is InChI=1S/C25H34N2O.ClH/c1-20(28)27-25-15-10-14-22-19-23(16-17-24(22)25)26-18-9-4-2-3-6-11-21-12-7-5-8-13-21;/h5,7-8,10,12-15,23,26H,2-4,6,9,11,16-19H2,1H3,(H,27,28);1H. The highest BCUT2D eigenvalue weighted by atomic mass is 35.5. The van der Waals surface area contributed by atoms with Crippen LogP contribution in [0.1, 0.15) is 62.1 Å². The van der Waals surface area contributed by atoms with Crippen LogP contribution in [0, 0.1) is 0 Å². The van der Waals surface area contributed by atoms with E-state index < -0.39 is 0 Å². The van der Waals surface area contributed by atoms with Crippen LogP contribution in [0.5, 0.6) is 0 Å². The quantitative estimate of drug-likeness (QED) is 0.489. The van der Waals surface area contributed by atoms with E-state index in [4.69, 9.17) is 0 Å². The van der Waals surface area contributed by atoms with Gasteiger partial charge in [-0.1, -0.05) is 61.7 Å². The monoisotopic (exact) mass is 414 g/mol. The zero-order chi connectivity index (χ0) is 19.6. The van der Waals surface area contributed by atoms with Crippen LogP contribution in [-0.4, -0.2) is 18.5 Å². The third kappa shape index (κ3) is 7.83. The van der Waals surface area contributed by atoms with E-state index in [-0.39, 0.29) is 18.3 Å². The normalized spacial score (nSPS) is 15.3. The van der Waals surface area contributed by atoms with Gasteiger partial charge in [0.15, 0.2) is 0 Å². The van der Waals surface area contributed by atoms with E-state index >= 15 is 0 Å². The first-order valence-electron chi connectivity index (χ1n) is 10.9. The topological polar surface area (TPSA) is 41.1 Å². The Bertz CT molecular complexity index is 748. The molecule has 0 saturated carbocycles. The number of nitrogens with one attached hydrogen (secondary N) is 2. The van der Waals surface area contributed by atoms with Crippen molar-refractivity contribution in [3.8, 4) is 0 Å². The predicted octanol–water partition coefficient (Wildman–Crippen LogP) is 5.71. The molecule has 1 unspecified atom stereocenters. The summed E-state index contributed by atoms with van der Waals surface area (Å²) in [7, 11) is 0. The third-order valence-corrected chi connectivity index (χ3v) is 5.71. The van der Waals surface area contributed by atoms with Crippen molar-refractivity contribution in [1.82, 2.24) is 5.32 Å². The van der Waals surface area contributed by atoms with Gasteiger partial charge in [-0.15, -0.1) is 12.4 Å². The lowest BCUT2D eigenvalue weighted by atomic mass is 9.87. The Morgan fingerprint density at radius 2 is 1.72 bits per heavy atom. The fourth-order valence-corrected chi connectivity index (χ4v) is 4.22. The molecule has 0 bridgehead atoms. The fourth-order valence-electron chi connectivity index (χ4n) is 4.22. The molecule has 2 N–H and O–H groups in total. The maximum absolute atomic E-state index is 11.4. The van der Waals surface area contributed by atoms with Gasteiger partial charge in [0.1, 0.15) is 0 Å². The molecule has 1 amide bonds. The number of carbonyl (C=O) groups excluding carboxylic acids is 1. The summed E-state index contributed by atoms with van der Waals surface area (Å²) in [6, 6.07) is 17.7. The first kappa shape index (κ1) is 23.4. The van der Waals surface area contributed by atoms with E-state index in [1.165, 1.54) is 55.2 Å². The number of hydrogen-bond donors (Lipinski definition) is 2. The lowest BCUT2D eigenvalue weighted by Crippen LogP contribution is -2.35. The molecule has 158 valence electrons. The second kappa shape index (κ2) is 12.7. The van der Waals surface area contributed by atoms with Crippen LogP contribution >= 0.6 is 12.4 Å². The number of anilines is 1. The lowest BCUT2D eigenvalue weighted by Gasteiger charge is -2.27. The highest BCUT2D eigenvalue weighted by Crippen LogP contribution is 2.28. The molecule has 0 fully saturated rings. The van der Waals surface area contributed by atoms with Gasteiger partial charge in [-0.05, 0) is 67.8 Å². The Balaban J connectivity index is 0.00000300. The molecule has 29 heavy (non-hydrogen) atoms. The average molecular weight is 415 g/mol. The molecule has 0 spiro atoms. The van der Waals surface area contributed by atoms with Gasteiger partial charge in [0, 0.05) is 18.7 Å². The molecule has 1 aliphatic rings. The van der Waals surface area contributed by atoms with E-state index in [0.717, 1.165) is 31.5 Å². The molecule has 4 heteroatoms. The molecule has 0 saturated heterocycles. The maximum atomic E-state index is 11.4. The van der Waals surface area contributed by atoms with Crippen molar-refractivity contribution in [3.05, 3.63) is 65.2 Å². The van der Waals surface area contributed by atoms with Gasteiger partial charge in [0.25, 0.3) is 0 Å². The number of aryl methyl sites for hydroxylation is 1. The third-order valence-electron chi connectivity index (χ3n) is 5.71. The number of unbranched alkanes of at least 4 members (excludes halogenated alkanes) is 4. The maximum Gasteiger partial charge on any atom is 0.221 e. The van der Waals surface area contributed by atoms with Gasteiger partial charge < -0.3 is 10.6 Å². The van der Waals surface area contributed by atoms with Crippen molar-refractivity contribution in [2.75, 3.05) is 11.9 Å². The Morgan fingerprint density at radius 1 is 0.966 bits per heavy atom. The van der Waals surface area contributed by atoms with E-state index in [2.05, 4.69) is 53.1 Å². The summed E-state index contributed by atoms with van der Waals surface area (Å²) in [4.78, 5) is 11.4. The number of rotatable bonds is 10. The van der Waals surface area contributed by atoms with Crippen LogP contribution in [-0.2, 0) is 24.1 Å². The molecule has 0 aliphatic heterocycles. The minimum atomic E-state index is 0. The van der Waals surface area contributed by atoms with Crippen molar-refractivity contribution < 1.29 is 4.79 Å². The van der Waals surface area contributed by atoms with E-state index in [1.54, 1.807) is 6.92 Å². The number of benzene rings is 2. The van der Waals surface area contributed by atoms with Crippen molar-refractivity contribution >= 4 is 24.0 Å². The second-order valence-corrected chi connectivity index (χ2v) is 8.02. The van der Waals surface area contributed by atoms with E-state index in [1.807, 2.05) is 6.07 Å². The molecular weight excluding hydrogens is 380 g/mol. The summed E-state index contributed by atoms with van der Waals surface area (Å²) < 4.78 is 0. The summed E-state index contributed by atoms with van der Waals surface area (Å²) >= 11 is 0. The Hall–Kier alpha value is -1.84. The SMILES string of the molecule is CC(=O)Nc1cccc2c1CCC(NCCCCCCCc1ccccc1)C2.Cl. The first-order chi connectivity index (χ1) is 13.7. The van der Waals surface area contributed by atoms with Crippen LogP contribution in [0.4, 0.5) is 5.69 Å². The van der Waals surface area contributed by atoms with Crippen molar-refractivity contribution in [2.24, 2.45) is 0 Å². The number of fused-ring (bicyclic) bond motifs is 1. The first-order valence-corrected chi connectivity index (χ1v) is 10.9. The number of amides is 1. The van der Waals surface area contributed by atoms with E-state index in [0.29, 0.717) is 6.04 Å². The van der Waals surface area contributed by atoms with Crippen LogP contribution < -0.4 is 10.6 Å². The molecule has 0 radical (unpaired) electrons. The van der Waals surface area contributed by atoms with Crippen molar-refractivity contribution in [2.45, 2.75) is 70.8 Å². The Morgan fingerprint density at radius 3 is 2.52 bits per heavy atom. The zero-order valence-corrected chi connectivity index (χ0v) is 18.4. The molecule has 2 aromatic carbocycles.